The van der Waals surface area contributed by atoms with Crippen LogP contribution in [0.1, 0.15) is 26.7 Å². The first kappa shape index (κ1) is 14.0. The Morgan fingerprint density at radius 2 is 2.12 bits per heavy atom. The molecular formula is C12H22N2O3. The smallest absolute Gasteiger partial charge is 0.303 e. The van der Waals surface area contributed by atoms with Crippen LogP contribution >= 0.6 is 0 Å². The molecule has 0 bridgehead atoms. The summed E-state index contributed by atoms with van der Waals surface area (Å²) < 4.78 is 0. The summed E-state index contributed by atoms with van der Waals surface area (Å²) in [6, 6.07) is -0.281. The van der Waals surface area contributed by atoms with Crippen LogP contribution in [0.15, 0.2) is 0 Å². The Kier molecular flexibility index (Phi) is 4.93. The zero-order chi connectivity index (χ0) is 13.0. The summed E-state index contributed by atoms with van der Waals surface area (Å²) in [6.45, 7) is 6.38. The maximum Gasteiger partial charge on any atom is 0.303 e. The first-order valence-corrected chi connectivity index (χ1v) is 6.16. The second-order valence-electron chi connectivity index (χ2n) is 4.87. The zero-order valence-corrected chi connectivity index (χ0v) is 10.8. The molecule has 2 atom stereocenters. The van der Waals surface area contributed by atoms with Crippen LogP contribution in [0.4, 0.5) is 0 Å². The molecule has 5 nitrogen and oxygen atoms in total. The van der Waals surface area contributed by atoms with Crippen LogP contribution in [-0.4, -0.2) is 59.5 Å². The third-order valence-electron chi connectivity index (χ3n) is 3.27. The first-order chi connectivity index (χ1) is 7.95. The quantitative estimate of drug-likeness (QED) is 0.786. The van der Waals surface area contributed by atoms with Gasteiger partial charge < -0.3 is 10.0 Å². The van der Waals surface area contributed by atoms with Crippen molar-refractivity contribution in [1.29, 1.82) is 0 Å². The van der Waals surface area contributed by atoms with Crippen LogP contribution in [0.25, 0.3) is 0 Å². The van der Waals surface area contributed by atoms with E-state index in [4.69, 9.17) is 5.11 Å². The number of amides is 1. The maximum absolute atomic E-state index is 12.2. The number of rotatable bonds is 4. The molecule has 1 rings (SSSR count). The van der Waals surface area contributed by atoms with Crippen molar-refractivity contribution in [2.75, 3.05) is 26.7 Å². The van der Waals surface area contributed by atoms with E-state index in [0.29, 0.717) is 18.9 Å². The Bertz CT molecular complexity index is 293. The molecule has 0 saturated carbocycles. The Balaban J connectivity index is 2.75. The van der Waals surface area contributed by atoms with Gasteiger partial charge in [-0.25, -0.2) is 0 Å². The first-order valence-electron chi connectivity index (χ1n) is 6.16. The minimum Gasteiger partial charge on any atom is -0.481 e. The predicted molar refractivity (Wildman–Crippen MR) is 64.7 cm³/mol. The molecule has 2 unspecified atom stereocenters. The third-order valence-corrected chi connectivity index (χ3v) is 3.27. The molecule has 1 N–H and O–H groups in total. The number of carboxylic acids is 1. The standard InChI is InChI=1S/C12H22N2O3/c1-4-14-8-9(2)7-13(3)10(12(14)17)5-6-11(15)16/h9-10H,4-8H2,1-3H3,(H,15,16). The largest absolute Gasteiger partial charge is 0.481 e. The fraction of sp³-hybridized carbons (Fsp3) is 0.833. The van der Waals surface area contributed by atoms with Crippen molar-refractivity contribution in [1.82, 2.24) is 9.80 Å². The van der Waals surface area contributed by atoms with Gasteiger partial charge in [0, 0.05) is 26.1 Å². The van der Waals surface area contributed by atoms with Crippen LogP contribution in [0, 0.1) is 5.92 Å². The van der Waals surface area contributed by atoms with Gasteiger partial charge in [0.2, 0.25) is 5.91 Å². The Morgan fingerprint density at radius 1 is 1.47 bits per heavy atom. The summed E-state index contributed by atoms with van der Waals surface area (Å²) in [5, 5.41) is 8.72. The summed E-state index contributed by atoms with van der Waals surface area (Å²) in [7, 11) is 1.90. The maximum atomic E-state index is 12.2. The van der Waals surface area contributed by atoms with E-state index in [9.17, 15) is 9.59 Å². The van der Waals surface area contributed by atoms with Crippen LogP contribution < -0.4 is 0 Å². The van der Waals surface area contributed by atoms with Crippen molar-refractivity contribution in [3.05, 3.63) is 0 Å². The molecule has 1 aliphatic heterocycles. The van der Waals surface area contributed by atoms with E-state index in [1.54, 1.807) is 0 Å². The minimum atomic E-state index is -0.841. The third kappa shape index (κ3) is 3.70. The van der Waals surface area contributed by atoms with E-state index in [1.165, 1.54) is 0 Å². The fourth-order valence-corrected chi connectivity index (χ4v) is 2.43. The van der Waals surface area contributed by atoms with E-state index in [2.05, 4.69) is 6.92 Å². The Labute approximate surface area is 102 Å². The highest BCUT2D eigenvalue weighted by Gasteiger charge is 2.32. The number of aliphatic carboxylic acids is 1. The minimum absolute atomic E-state index is 0.0483. The van der Waals surface area contributed by atoms with Crippen molar-refractivity contribution in [2.45, 2.75) is 32.7 Å². The summed E-state index contributed by atoms with van der Waals surface area (Å²) >= 11 is 0. The van der Waals surface area contributed by atoms with Crippen LogP contribution in [0.3, 0.4) is 0 Å². The van der Waals surface area contributed by atoms with E-state index >= 15 is 0 Å². The second kappa shape index (κ2) is 6.00. The van der Waals surface area contributed by atoms with Crippen molar-refractivity contribution in [3.8, 4) is 0 Å². The average molecular weight is 242 g/mol. The molecule has 1 fully saturated rings. The van der Waals surface area contributed by atoms with Crippen LogP contribution in [0.5, 0.6) is 0 Å². The lowest BCUT2D eigenvalue weighted by Gasteiger charge is -2.26. The van der Waals surface area contributed by atoms with Crippen LogP contribution in [0.2, 0.25) is 0 Å². The molecular weight excluding hydrogens is 220 g/mol. The molecule has 0 aromatic carbocycles. The molecule has 1 aliphatic rings. The van der Waals surface area contributed by atoms with E-state index < -0.39 is 5.97 Å². The zero-order valence-electron chi connectivity index (χ0n) is 10.8. The molecule has 0 aromatic rings. The summed E-state index contributed by atoms with van der Waals surface area (Å²) in [6.07, 6.45) is 0.445. The molecule has 0 radical (unpaired) electrons. The van der Waals surface area contributed by atoms with Gasteiger partial charge in [0.25, 0.3) is 0 Å². The molecule has 1 amide bonds. The molecule has 0 spiro atoms. The second-order valence-corrected chi connectivity index (χ2v) is 4.87. The number of nitrogens with zero attached hydrogens (tertiary/aromatic N) is 2. The molecule has 17 heavy (non-hydrogen) atoms. The molecule has 5 heteroatoms. The van der Waals surface area contributed by atoms with Crippen molar-refractivity contribution >= 4 is 11.9 Å². The van der Waals surface area contributed by atoms with Gasteiger partial charge in [-0.05, 0) is 26.3 Å². The predicted octanol–water partition coefficient (Wildman–Crippen LogP) is 0.650. The lowest BCUT2D eigenvalue weighted by atomic mass is 10.1. The van der Waals surface area contributed by atoms with Gasteiger partial charge in [0.1, 0.15) is 0 Å². The average Bonchev–Trinajstić information content (AvgIpc) is 2.34. The molecule has 1 saturated heterocycles. The van der Waals surface area contributed by atoms with Crippen molar-refractivity contribution in [2.24, 2.45) is 5.92 Å². The Hall–Kier alpha value is -1.10. The summed E-state index contributed by atoms with van der Waals surface area (Å²) in [5.74, 6) is -0.342. The number of carbonyl (C=O) groups is 2. The lowest BCUT2D eigenvalue weighted by Crippen LogP contribution is -2.44. The summed E-state index contributed by atoms with van der Waals surface area (Å²) in [5.41, 5.74) is 0. The molecule has 0 aliphatic carbocycles. The molecule has 0 aromatic heterocycles. The van der Waals surface area contributed by atoms with Crippen molar-refractivity contribution < 1.29 is 14.7 Å². The summed E-state index contributed by atoms with van der Waals surface area (Å²) in [4.78, 5) is 26.7. The normalized spacial score (nSPS) is 27.0. The van der Waals surface area contributed by atoms with Gasteiger partial charge >= 0.3 is 5.97 Å². The number of carboxylic acid groups (broad SMARTS) is 1. The molecule has 98 valence electrons. The van der Waals surface area contributed by atoms with Gasteiger partial charge in [0.15, 0.2) is 0 Å². The van der Waals surface area contributed by atoms with Gasteiger partial charge in [-0.3, -0.25) is 14.5 Å². The van der Waals surface area contributed by atoms with Gasteiger partial charge in [-0.2, -0.15) is 0 Å². The van der Waals surface area contributed by atoms with Crippen molar-refractivity contribution in [3.63, 3.8) is 0 Å². The van der Waals surface area contributed by atoms with E-state index in [-0.39, 0.29) is 18.4 Å². The lowest BCUT2D eigenvalue weighted by molar-refractivity contribution is -0.138. The highest BCUT2D eigenvalue weighted by Crippen LogP contribution is 2.17. The number of hydrogen-bond donors (Lipinski definition) is 1. The van der Waals surface area contributed by atoms with Crippen LogP contribution in [-0.2, 0) is 9.59 Å². The monoisotopic (exact) mass is 242 g/mol. The Morgan fingerprint density at radius 3 is 2.65 bits per heavy atom. The van der Waals surface area contributed by atoms with Gasteiger partial charge in [-0.1, -0.05) is 6.92 Å². The van der Waals surface area contributed by atoms with Gasteiger partial charge in [-0.15, -0.1) is 0 Å². The number of likely N-dealkylation sites (N-methyl/N-ethyl adjacent to an activating group) is 2. The van der Waals surface area contributed by atoms with E-state index in [0.717, 1.165) is 13.1 Å². The SMILES string of the molecule is CCN1CC(C)CN(C)C(CCC(=O)O)C1=O. The number of hydrogen-bond acceptors (Lipinski definition) is 3. The highest BCUT2D eigenvalue weighted by molar-refractivity contribution is 5.82. The van der Waals surface area contributed by atoms with E-state index in [1.807, 2.05) is 23.8 Å². The number of carbonyl (C=O) groups excluding carboxylic acids is 1. The fourth-order valence-electron chi connectivity index (χ4n) is 2.43. The molecule has 1 heterocycles. The topological polar surface area (TPSA) is 60.9 Å². The highest BCUT2D eigenvalue weighted by atomic mass is 16.4. The van der Waals surface area contributed by atoms with Gasteiger partial charge in [0.05, 0.1) is 6.04 Å².